The molecule has 1 aliphatic rings. The molecule has 2 heterocycles. The number of carbonyl (C=O) groups is 1. The molecule has 0 spiro atoms. The Morgan fingerprint density at radius 3 is 3.00 bits per heavy atom. The van der Waals surface area contributed by atoms with E-state index < -0.39 is 0 Å². The van der Waals surface area contributed by atoms with Crippen LogP contribution in [0.25, 0.3) is 0 Å². The molecule has 0 saturated carbocycles. The van der Waals surface area contributed by atoms with Gasteiger partial charge in [-0.3, -0.25) is 4.79 Å². The zero-order valence-corrected chi connectivity index (χ0v) is 10.5. The number of furan rings is 1. The van der Waals surface area contributed by atoms with Crippen molar-refractivity contribution in [2.75, 3.05) is 13.1 Å². The van der Waals surface area contributed by atoms with Gasteiger partial charge in [0.25, 0.3) is 5.91 Å². The van der Waals surface area contributed by atoms with E-state index in [1.54, 1.807) is 6.07 Å². The lowest BCUT2D eigenvalue weighted by molar-refractivity contribution is 0.0934. The van der Waals surface area contributed by atoms with Gasteiger partial charge in [-0.15, -0.1) is 0 Å². The first-order chi connectivity index (χ1) is 8.16. The normalized spacial score (nSPS) is 20.9. The van der Waals surface area contributed by atoms with E-state index in [2.05, 4.69) is 10.6 Å². The van der Waals surface area contributed by atoms with Crippen LogP contribution in [-0.4, -0.2) is 25.0 Å². The van der Waals surface area contributed by atoms with Gasteiger partial charge in [-0.1, -0.05) is 6.42 Å². The third kappa shape index (κ3) is 3.09. The van der Waals surface area contributed by atoms with Crippen molar-refractivity contribution in [2.24, 2.45) is 0 Å². The van der Waals surface area contributed by atoms with Crippen LogP contribution in [0.1, 0.15) is 41.1 Å². The van der Waals surface area contributed by atoms with Gasteiger partial charge in [-0.05, 0) is 39.3 Å². The van der Waals surface area contributed by atoms with Crippen LogP contribution in [0.4, 0.5) is 0 Å². The summed E-state index contributed by atoms with van der Waals surface area (Å²) in [4.78, 5) is 12.1. The lowest BCUT2D eigenvalue weighted by atomic mass is 10.1. The number of rotatable bonds is 2. The predicted octanol–water partition coefficient (Wildman–Crippen LogP) is 1.77. The average Bonchev–Trinajstić information content (AvgIpc) is 2.51. The summed E-state index contributed by atoms with van der Waals surface area (Å²) in [6.07, 6.45) is 3.41. The second-order valence-corrected chi connectivity index (χ2v) is 4.70. The van der Waals surface area contributed by atoms with Gasteiger partial charge in [0.1, 0.15) is 11.5 Å². The molecule has 1 aromatic heterocycles. The molecule has 1 saturated heterocycles. The first-order valence-corrected chi connectivity index (χ1v) is 6.25. The van der Waals surface area contributed by atoms with Crippen molar-refractivity contribution in [2.45, 2.75) is 39.2 Å². The van der Waals surface area contributed by atoms with Crippen LogP contribution in [0.3, 0.4) is 0 Å². The molecule has 1 fully saturated rings. The number of nitrogens with one attached hydrogen (secondary N) is 2. The molecule has 0 aliphatic carbocycles. The van der Waals surface area contributed by atoms with E-state index in [0.717, 1.165) is 25.3 Å². The molecule has 1 amide bonds. The van der Waals surface area contributed by atoms with Crippen molar-refractivity contribution in [3.8, 4) is 0 Å². The minimum Gasteiger partial charge on any atom is -0.466 e. The first-order valence-electron chi connectivity index (χ1n) is 6.25. The highest BCUT2D eigenvalue weighted by atomic mass is 16.3. The summed E-state index contributed by atoms with van der Waals surface area (Å²) in [5.74, 6) is 1.46. The number of aryl methyl sites for hydroxylation is 2. The SMILES string of the molecule is Cc1cc(C(=O)NC2CCCCNC2)c(C)o1. The summed E-state index contributed by atoms with van der Waals surface area (Å²) in [6.45, 7) is 5.60. The van der Waals surface area contributed by atoms with Crippen LogP contribution >= 0.6 is 0 Å². The first kappa shape index (κ1) is 12.2. The van der Waals surface area contributed by atoms with Crippen molar-refractivity contribution in [1.82, 2.24) is 10.6 Å². The summed E-state index contributed by atoms with van der Waals surface area (Å²) < 4.78 is 5.37. The lowest BCUT2D eigenvalue weighted by Gasteiger charge is -2.15. The molecule has 1 aliphatic heterocycles. The molecule has 1 unspecified atom stereocenters. The highest BCUT2D eigenvalue weighted by Gasteiger charge is 2.18. The quantitative estimate of drug-likeness (QED) is 0.822. The summed E-state index contributed by atoms with van der Waals surface area (Å²) in [6, 6.07) is 2.04. The Morgan fingerprint density at radius 1 is 1.47 bits per heavy atom. The molecule has 2 N–H and O–H groups in total. The largest absolute Gasteiger partial charge is 0.466 e. The summed E-state index contributed by atoms with van der Waals surface area (Å²) >= 11 is 0. The average molecular weight is 236 g/mol. The highest BCUT2D eigenvalue weighted by Crippen LogP contribution is 2.14. The molecule has 1 atom stereocenters. The fourth-order valence-corrected chi connectivity index (χ4v) is 2.26. The topological polar surface area (TPSA) is 54.3 Å². The Balaban J connectivity index is 1.98. The lowest BCUT2D eigenvalue weighted by Crippen LogP contribution is -2.40. The molecular weight excluding hydrogens is 216 g/mol. The second-order valence-electron chi connectivity index (χ2n) is 4.70. The van der Waals surface area contributed by atoms with Gasteiger partial charge in [0.05, 0.1) is 5.56 Å². The van der Waals surface area contributed by atoms with Crippen LogP contribution in [-0.2, 0) is 0 Å². The van der Waals surface area contributed by atoms with Gasteiger partial charge in [0, 0.05) is 12.6 Å². The van der Waals surface area contributed by atoms with Crippen LogP contribution in [0.15, 0.2) is 10.5 Å². The summed E-state index contributed by atoms with van der Waals surface area (Å²) in [7, 11) is 0. The summed E-state index contributed by atoms with van der Waals surface area (Å²) in [5, 5.41) is 6.40. The Morgan fingerprint density at radius 2 is 2.29 bits per heavy atom. The maximum Gasteiger partial charge on any atom is 0.255 e. The van der Waals surface area contributed by atoms with E-state index >= 15 is 0 Å². The molecular formula is C13H20N2O2. The van der Waals surface area contributed by atoms with E-state index in [-0.39, 0.29) is 11.9 Å². The van der Waals surface area contributed by atoms with Gasteiger partial charge in [-0.25, -0.2) is 0 Å². The molecule has 0 aromatic carbocycles. The van der Waals surface area contributed by atoms with E-state index in [1.165, 1.54) is 12.8 Å². The number of carbonyl (C=O) groups excluding carboxylic acids is 1. The monoisotopic (exact) mass is 236 g/mol. The maximum absolute atomic E-state index is 12.1. The smallest absolute Gasteiger partial charge is 0.255 e. The third-order valence-corrected chi connectivity index (χ3v) is 3.17. The molecule has 0 radical (unpaired) electrons. The van der Waals surface area contributed by atoms with Gasteiger partial charge < -0.3 is 15.1 Å². The van der Waals surface area contributed by atoms with Crippen LogP contribution in [0.5, 0.6) is 0 Å². The fraction of sp³-hybridized carbons (Fsp3) is 0.615. The summed E-state index contributed by atoms with van der Waals surface area (Å²) in [5.41, 5.74) is 0.659. The highest BCUT2D eigenvalue weighted by molar-refractivity contribution is 5.95. The van der Waals surface area contributed by atoms with E-state index in [1.807, 2.05) is 13.8 Å². The molecule has 1 aromatic rings. The van der Waals surface area contributed by atoms with E-state index in [0.29, 0.717) is 11.3 Å². The number of amides is 1. The maximum atomic E-state index is 12.1. The fourth-order valence-electron chi connectivity index (χ4n) is 2.26. The van der Waals surface area contributed by atoms with Gasteiger partial charge in [-0.2, -0.15) is 0 Å². The van der Waals surface area contributed by atoms with Crippen LogP contribution in [0.2, 0.25) is 0 Å². The zero-order valence-electron chi connectivity index (χ0n) is 10.5. The molecule has 0 bridgehead atoms. The Hall–Kier alpha value is -1.29. The van der Waals surface area contributed by atoms with Crippen molar-refractivity contribution in [1.29, 1.82) is 0 Å². The standard InChI is InChI=1S/C13H20N2O2/c1-9-7-12(10(2)17-9)13(16)15-11-5-3-4-6-14-8-11/h7,11,14H,3-6,8H2,1-2H3,(H,15,16). The molecule has 94 valence electrons. The zero-order chi connectivity index (χ0) is 12.3. The van der Waals surface area contributed by atoms with Gasteiger partial charge in [0.15, 0.2) is 0 Å². The Kier molecular flexibility index (Phi) is 3.84. The number of hydrogen-bond donors (Lipinski definition) is 2. The van der Waals surface area contributed by atoms with Crippen molar-refractivity contribution in [3.63, 3.8) is 0 Å². The van der Waals surface area contributed by atoms with Crippen LogP contribution < -0.4 is 10.6 Å². The van der Waals surface area contributed by atoms with Gasteiger partial charge in [0.2, 0.25) is 0 Å². The minimum atomic E-state index is -0.0203. The Labute approximate surface area is 102 Å². The van der Waals surface area contributed by atoms with Crippen molar-refractivity contribution in [3.05, 3.63) is 23.2 Å². The third-order valence-electron chi connectivity index (χ3n) is 3.17. The number of hydrogen-bond acceptors (Lipinski definition) is 3. The second kappa shape index (κ2) is 5.36. The van der Waals surface area contributed by atoms with Crippen LogP contribution in [0, 0.1) is 13.8 Å². The van der Waals surface area contributed by atoms with Crippen molar-refractivity contribution >= 4 is 5.91 Å². The minimum absolute atomic E-state index is 0.0203. The Bertz CT molecular complexity index is 390. The van der Waals surface area contributed by atoms with E-state index in [4.69, 9.17) is 4.42 Å². The van der Waals surface area contributed by atoms with Gasteiger partial charge >= 0.3 is 0 Å². The predicted molar refractivity (Wildman–Crippen MR) is 66.2 cm³/mol. The van der Waals surface area contributed by atoms with Crippen molar-refractivity contribution < 1.29 is 9.21 Å². The molecule has 4 heteroatoms. The molecule has 4 nitrogen and oxygen atoms in total. The molecule has 2 rings (SSSR count). The van der Waals surface area contributed by atoms with E-state index in [9.17, 15) is 4.79 Å². The molecule has 17 heavy (non-hydrogen) atoms.